The van der Waals surface area contributed by atoms with E-state index in [1.165, 1.54) is 12.1 Å². The summed E-state index contributed by atoms with van der Waals surface area (Å²) in [6.45, 7) is 30.8. The maximum Gasteiger partial charge on any atom is 0.469 e. The first-order chi connectivity index (χ1) is 38.2. The van der Waals surface area contributed by atoms with Crippen molar-refractivity contribution < 1.29 is 53.6 Å². The summed E-state index contributed by atoms with van der Waals surface area (Å²) < 4.78 is 104. The van der Waals surface area contributed by atoms with Crippen molar-refractivity contribution in [2.24, 2.45) is 0 Å². The maximum atomic E-state index is 14.8. The lowest BCUT2D eigenvalue weighted by atomic mass is 9.66. The number of benzene rings is 5. The smallest absolute Gasteiger partial charge is 0.469 e. The second kappa shape index (κ2) is 23.0. The number of alkyl halides is 3. The third kappa shape index (κ3) is 12.9. The molecular formula is C62H85F3N2O9Si5. The van der Waals surface area contributed by atoms with Gasteiger partial charge >= 0.3 is 15.0 Å². The van der Waals surface area contributed by atoms with Gasteiger partial charge in [0.05, 0.1) is 51.4 Å². The summed E-state index contributed by atoms with van der Waals surface area (Å²) >= 11 is 0. The van der Waals surface area contributed by atoms with E-state index in [2.05, 4.69) is 142 Å². The highest BCUT2D eigenvalue weighted by Gasteiger charge is 2.52. The fourth-order valence-electron chi connectivity index (χ4n) is 12.9. The molecule has 0 amide bonds. The van der Waals surface area contributed by atoms with Crippen LogP contribution in [0.3, 0.4) is 0 Å². The minimum Gasteiger partial charge on any atom is -0.495 e. The highest BCUT2D eigenvalue weighted by molar-refractivity contribution is 6.90. The minimum atomic E-state index is -4.49. The zero-order valence-electron chi connectivity index (χ0n) is 49.9. The molecule has 2 aliphatic carbocycles. The van der Waals surface area contributed by atoms with Crippen LogP contribution in [0.5, 0.6) is 17.2 Å². The zero-order chi connectivity index (χ0) is 57.8. The summed E-state index contributed by atoms with van der Waals surface area (Å²) in [6, 6.07) is 27.2. The average Bonchev–Trinajstić information content (AvgIpc) is 2.82. The summed E-state index contributed by atoms with van der Waals surface area (Å²) in [6.07, 6.45) is 4.20. The molecule has 5 aromatic carbocycles. The van der Waals surface area contributed by atoms with Gasteiger partial charge in [-0.1, -0.05) is 55.7 Å². The van der Waals surface area contributed by atoms with E-state index < -0.39 is 64.8 Å². The van der Waals surface area contributed by atoms with Gasteiger partial charge in [0.2, 0.25) is 0 Å². The number of nitrogens with zero attached hydrogens (tertiary/aromatic N) is 2. The molecule has 11 nitrogen and oxygen atoms in total. The van der Waals surface area contributed by atoms with Gasteiger partial charge in [-0.15, -0.1) is 0 Å². The zero-order valence-corrected chi connectivity index (χ0v) is 54.9. The van der Waals surface area contributed by atoms with Crippen LogP contribution in [0.4, 0.5) is 24.5 Å². The molecule has 1 unspecified atom stereocenters. The number of fused-ring (bicyclic) bond motifs is 10. The van der Waals surface area contributed by atoms with Crippen LogP contribution in [0.25, 0.3) is 28.0 Å². The predicted molar refractivity (Wildman–Crippen MR) is 332 cm³/mol. The molecule has 5 aliphatic rings. The standard InChI is InChI=1S/C62H85F3N2O9Si5/c1-68-56-44-53-52(43-55(56)67-32-36-70-37-33-67)57-50-25-20-47(62(63,64)65)42-54(50)60(27-14-13-15-28-60)58(57)51-26-29-61(73-59(51)53,45-16-21-48(22-17-45)66-30-34-69-35-31-66)46-18-23-49(24-19-46)71-38-39-72-80(11,12)40-41-81(74-77(2,3)4,75-78(5,6)7)76-79(8,9)10/h16-26,29,42-44H,13-15,27-28,30-41H2,1-12H3. The van der Waals surface area contributed by atoms with E-state index >= 15 is 0 Å². The molecule has 0 radical (unpaired) electrons. The third-order valence-corrected chi connectivity index (χ3v) is 31.1. The van der Waals surface area contributed by atoms with Crippen LogP contribution in [-0.2, 0) is 43.4 Å². The Balaban J connectivity index is 1.01. The van der Waals surface area contributed by atoms with E-state index in [1.54, 1.807) is 13.2 Å². The van der Waals surface area contributed by atoms with Gasteiger partial charge in [-0.2, -0.15) is 13.2 Å². The first-order valence-electron chi connectivity index (χ1n) is 29.3. The lowest BCUT2D eigenvalue weighted by Crippen LogP contribution is -2.61. The van der Waals surface area contributed by atoms with Gasteiger partial charge in [0.15, 0.2) is 38.9 Å². The van der Waals surface area contributed by atoms with Crippen molar-refractivity contribution in [1.29, 1.82) is 0 Å². The average molecular weight is 1200 g/mol. The maximum absolute atomic E-state index is 14.8. The number of halogens is 3. The van der Waals surface area contributed by atoms with E-state index in [0.29, 0.717) is 70.0 Å². The van der Waals surface area contributed by atoms with E-state index in [1.807, 2.05) is 12.1 Å². The molecule has 3 fully saturated rings. The Kier molecular flexibility index (Phi) is 17.0. The van der Waals surface area contributed by atoms with Gasteiger partial charge in [-0.3, -0.25) is 0 Å². The second-order valence-corrected chi connectivity index (χ2v) is 47.5. The van der Waals surface area contributed by atoms with Crippen molar-refractivity contribution >= 4 is 70.3 Å². The number of methoxy groups -OCH3 is 1. The van der Waals surface area contributed by atoms with Gasteiger partial charge in [-0.05, 0) is 173 Å². The summed E-state index contributed by atoms with van der Waals surface area (Å²) in [5.41, 5.74) is 6.02. The molecule has 10 rings (SSSR count). The predicted octanol–water partition coefficient (Wildman–Crippen LogP) is 15.2. The van der Waals surface area contributed by atoms with Gasteiger partial charge in [-0.25, -0.2) is 0 Å². The van der Waals surface area contributed by atoms with Gasteiger partial charge in [0, 0.05) is 65.4 Å². The Hall–Kier alpha value is -4.27. The molecule has 3 heterocycles. The van der Waals surface area contributed by atoms with Crippen molar-refractivity contribution in [3.63, 3.8) is 0 Å². The first kappa shape index (κ1) is 59.9. The molecule has 1 saturated carbocycles. The Labute approximate surface area is 484 Å². The van der Waals surface area contributed by atoms with E-state index in [9.17, 15) is 13.2 Å². The molecule has 5 aromatic rings. The number of morpholine rings is 2. The Bertz CT molecular complexity index is 3050. The molecule has 438 valence electrons. The fraction of sp³-hybridized carbons (Fsp3) is 0.516. The lowest BCUT2D eigenvalue weighted by molar-refractivity contribution is -0.137. The molecule has 0 N–H and O–H groups in total. The van der Waals surface area contributed by atoms with Crippen molar-refractivity contribution in [2.45, 2.75) is 133 Å². The van der Waals surface area contributed by atoms with E-state index in [4.69, 9.17) is 40.5 Å². The van der Waals surface area contributed by atoms with Crippen molar-refractivity contribution in [2.75, 3.05) is 82.7 Å². The lowest BCUT2D eigenvalue weighted by Gasteiger charge is -2.43. The molecule has 19 heteroatoms. The highest BCUT2D eigenvalue weighted by Crippen LogP contribution is 2.63. The van der Waals surface area contributed by atoms with Crippen LogP contribution in [-0.4, -0.2) is 115 Å². The fourth-order valence-corrected chi connectivity index (χ4v) is 31.4. The summed E-state index contributed by atoms with van der Waals surface area (Å²) in [5, 5.41) is 1.77. The third-order valence-electron chi connectivity index (χ3n) is 16.2. The topological polar surface area (TPSA) is 89.6 Å². The largest absolute Gasteiger partial charge is 0.495 e. The highest BCUT2D eigenvalue weighted by atomic mass is 28.5. The van der Waals surface area contributed by atoms with E-state index in [0.717, 1.165) is 118 Å². The summed E-state index contributed by atoms with van der Waals surface area (Å²) in [5.74, 6) is 2.08. The number of anilines is 2. The molecule has 1 atom stereocenters. The Morgan fingerprint density at radius 2 is 1.21 bits per heavy atom. The van der Waals surface area contributed by atoms with Gasteiger partial charge in [0.1, 0.15) is 23.9 Å². The minimum absolute atomic E-state index is 0.373. The summed E-state index contributed by atoms with van der Waals surface area (Å²) in [7, 11) is -9.59. The molecule has 3 aliphatic heterocycles. The van der Waals surface area contributed by atoms with Crippen molar-refractivity contribution in [3.05, 3.63) is 118 Å². The van der Waals surface area contributed by atoms with E-state index in [-0.39, 0.29) is 0 Å². The van der Waals surface area contributed by atoms with Gasteiger partial charge in [0.25, 0.3) is 0 Å². The monoisotopic (exact) mass is 1200 g/mol. The van der Waals surface area contributed by atoms with Crippen molar-refractivity contribution in [3.8, 4) is 28.4 Å². The normalized spacial score (nSPS) is 19.6. The van der Waals surface area contributed by atoms with Crippen LogP contribution in [0, 0.1) is 0 Å². The van der Waals surface area contributed by atoms with Crippen LogP contribution in [0.15, 0.2) is 84.9 Å². The van der Waals surface area contributed by atoms with Crippen LogP contribution >= 0.6 is 0 Å². The second-order valence-electron chi connectivity index (χ2n) is 26.2. The van der Waals surface area contributed by atoms with Crippen molar-refractivity contribution in [1.82, 2.24) is 0 Å². The molecular weight excluding hydrogens is 1110 g/mol. The molecule has 2 saturated heterocycles. The molecule has 0 aromatic heterocycles. The number of hydrogen-bond acceptors (Lipinski definition) is 11. The number of rotatable bonds is 19. The quantitative estimate of drug-likeness (QED) is 0.0585. The number of ether oxygens (including phenoxy) is 5. The van der Waals surface area contributed by atoms with Gasteiger partial charge < -0.3 is 50.3 Å². The molecule has 1 spiro atoms. The first-order valence-corrected chi connectivity index (χ1v) is 44.5. The SMILES string of the molecule is COc1cc2c3c(c4c(c2cc1N1CCOCC1)-c1ccc(C(F)(F)F)cc1C41CCCCC1)C=CC(c1ccc(OCCO[Si](C)(C)CC[Si](O[Si](C)(C)C)(O[Si](C)(C)C)O[Si](C)(C)C)cc1)(c1ccc(N2CCOCC2)cc1)O3. The number of hydrogen-bond donors (Lipinski definition) is 0. The Morgan fingerprint density at radius 1 is 0.630 bits per heavy atom. The molecule has 0 bridgehead atoms. The van der Waals surface area contributed by atoms with Crippen LogP contribution < -0.4 is 24.0 Å². The van der Waals surface area contributed by atoms with Crippen LogP contribution in [0.2, 0.25) is 84.1 Å². The Morgan fingerprint density at radius 3 is 1.78 bits per heavy atom. The van der Waals surface area contributed by atoms with Crippen LogP contribution in [0.1, 0.15) is 65.5 Å². The molecule has 81 heavy (non-hydrogen) atoms. The summed E-state index contributed by atoms with van der Waals surface area (Å²) in [4.78, 5) is 4.63.